The highest BCUT2D eigenvalue weighted by atomic mass is 16.5. The van der Waals surface area contributed by atoms with E-state index in [2.05, 4.69) is 27.7 Å². The fourth-order valence-electron chi connectivity index (χ4n) is 4.81. The van der Waals surface area contributed by atoms with Crippen LogP contribution in [0.25, 0.3) is 0 Å². The Balaban J connectivity index is 5.05. The molecule has 0 aliphatic carbocycles. The zero-order valence-corrected chi connectivity index (χ0v) is 26.0. The molecule has 0 unspecified atom stereocenters. The molecule has 0 bridgehead atoms. The van der Waals surface area contributed by atoms with Crippen molar-refractivity contribution < 1.29 is 19.1 Å². The van der Waals surface area contributed by atoms with Crippen molar-refractivity contribution in [1.29, 1.82) is 0 Å². The van der Waals surface area contributed by atoms with E-state index in [-0.39, 0.29) is 11.9 Å². The molecule has 0 saturated carbocycles. The maximum atomic E-state index is 13.2. The minimum Gasteiger partial charge on any atom is -0.462 e. The van der Waals surface area contributed by atoms with Gasteiger partial charge >= 0.3 is 11.9 Å². The summed E-state index contributed by atoms with van der Waals surface area (Å²) in [5.74, 6) is -0.581. The first-order valence-electron chi connectivity index (χ1n) is 16.7. The quantitative estimate of drug-likeness (QED) is 0.0567. The van der Waals surface area contributed by atoms with Gasteiger partial charge in [-0.1, -0.05) is 143 Å². The van der Waals surface area contributed by atoms with E-state index < -0.39 is 0 Å². The van der Waals surface area contributed by atoms with Crippen LogP contribution in [0.5, 0.6) is 0 Å². The van der Waals surface area contributed by atoms with Crippen molar-refractivity contribution in [3.05, 3.63) is 11.1 Å². The molecule has 0 radical (unpaired) electrons. The molecule has 0 aliphatic rings. The van der Waals surface area contributed by atoms with Crippen LogP contribution in [-0.2, 0) is 19.1 Å². The van der Waals surface area contributed by atoms with Crippen molar-refractivity contribution in [1.82, 2.24) is 0 Å². The van der Waals surface area contributed by atoms with Gasteiger partial charge in [0.15, 0.2) is 0 Å². The highest BCUT2D eigenvalue weighted by molar-refractivity contribution is 6.00. The number of unbranched alkanes of at least 4 members (excludes halogenated alkanes) is 18. The van der Waals surface area contributed by atoms with Gasteiger partial charge in [-0.2, -0.15) is 0 Å². The van der Waals surface area contributed by atoms with Crippen LogP contribution in [0.2, 0.25) is 0 Å². The normalized spacial score (nSPS) is 11.9. The molecular formula is C34H64O4. The molecule has 0 fully saturated rings. The lowest BCUT2D eigenvalue weighted by atomic mass is 9.97. The van der Waals surface area contributed by atoms with E-state index in [1.54, 1.807) is 0 Å². The zero-order chi connectivity index (χ0) is 28.1. The lowest BCUT2D eigenvalue weighted by Gasteiger charge is -2.15. The molecule has 0 aromatic heterocycles. The average molecular weight is 537 g/mol. The van der Waals surface area contributed by atoms with E-state index in [9.17, 15) is 9.59 Å². The molecule has 0 rings (SSSR count). The summed E-state index contributed by atoms with van der Waals surface area (Å²) in [6.45, 7) is 9.69. The Morgan fingerprint density at radius 3 is 1.03 bits per heavy atom. The second kappa shape index (κ2) is 28.7. The SMILES string of the molecule is CCCCCCCCCCC(C(=O)OCCCCCCCC)=C(CCCC)C(=O)OCCCCCCCC. The van der Waals surface area contributed by atoms with Gasteiger partial charge in [0, 0.05) is 11.1 Å². The van der Waals surface area contributed by atoms with Crippen LogP contribution < -0.4 is 0 Å². The van der Waals surface area contributed by atoms with Gasteiger partial charge in [-0.15, -0.1) is 0 Å². The highest BCUT2D eigenvalue weighted by Crippen LogP contribution is 2.23. The first kappa shape index (κ1) is 36.7. The first-order chi connectivity index (χ1) is 18.6. The summed E-state index contributed by atoms with van der Waals surface area (Å²) in [5, 5.41) is 0. The van der Waals surface area contributed by atoms with Crippen molar-refractivity contribution in [3.8, 4) is 0 Å². The van der Waals surface area contributed by atoms with Gasteiger partial charge in [0.05, 0.1) is 13.2 Å². The fourth-order valence-corrected chi connectivity index (χ4v) is 4.81. The van der Waals surface area contributed by atoms with Crippen LogP contribution in [0.4, 0.5) is 0 Å². The standard InChI is InChI=1S/C34H64O4/c1-5-9-13-16-19-20-21-24-28-32(34(36)38-30-26-23-18-15-11-7-3)31(27-12-8-4)33(35)37-29-25-22-17-14-10-6-2/h5-30H2,1-4H3. The third kappa shape index (κ3) is 21.6. The van der Waals surface area contributed by atoms with E-state index >= 15 is 0 Å². The van der Waals surface area contributed by atoms with Crippen molar-refractivity contribution >= 4 is 11.9 Å². The molecule has 0 saturated heterocycles. The Labute approximate surface area is 237 Å². The van der Waals surface area contributed by atoms with E-state index in [4.69, 9.17) is 9.47 Å². The summed E-state index contributed by atoms with van der Waals surface area (Å²) in [7, 11) is 0. The monoisotopic (exact) mass is 536 g/mol. The van der Waals surface area contributed by atoms with Crippen molar-refractivity contribution in [2.45, 2.75) is 182 Å². The van der Waals surface area contributed by atoms with Crippen LogP contribution in [0.3, 0.4) is 0 Å². The molecule has 224 valence electrons. The first-order valence-corrected chi connectivity index (χ1v) is 16.7. The van der Waals surface area contributed by atoms with Gasteiger partial charge in [-0.3, -0.25) is 0 Å². The molecular weight excluding hydrogens is 472 g/mol. The van der Waals surface area contributed by atoms with Crippen molar-refractivity contribution in [2.24, 2.45) is 0 Å². The molecule has 0 spiro atoms. The van der Waals surface area contributed by atoms with Gasteiger partial charge < -0.3 is 9.47 Å². The molecule has 0 atom stereocenters. The molecule has 4 nitrogen and oxygen atoms in total. The van der Waals surface area contributed by atoms with Gasteiger partial charge in [-0.25, -0.2) is 9.59 Å². The van der Waals surface area contributed by atoms with Crippen LogP contribution in [0.1, 0.15) is 182 Å². The molecule has 0 amide bonds. The van der Waals surface area contributed by atoms with Crippen molar-refractivity contribution in [3.63, 3.8) is 0 Å². The number of hydrogen-bond acceptors (Lipinski definition) is 4. The van der Waals surface area contributed by atoms with Crippen LogP contribution in [0, 0.1) is 0 Å². The molecule has 0 aliphatic heterocycles. The summed E-state index contributed by atoms with van der Waals surface area (Å²) in [6, 6.07) is 0. The molecule has 0 aromatic carbocycles. The number of esters is 2. The van der Waals surface area contributed by atoms with E-state index in [1.165, 1.54) is 89.9 Å². The number of ether oxygens (including phenoxy) is 2. The largest absolute Gasteiger partial charge is 0.462 e. The topological polar surface area (TPSA) is 52.6 Å². The third-order valence-electron chi connectivity index (χ3n) is 7.38. The maximum absolute atomic E-state index is 13.2. The Hall–Kier alpha value is -1.32. The summed E-state index contributed by atoms with van der Waals surface area (Å²) in [4.78, 5) is 26.4. The second-order valence-corrected chi connectivity index (χ2v) is 11.1. The third-order valence-corrected chi connectivity index (χ3v) is 7.38. The van der Waals surface area contributed by atoms with Crippen LogP contribution >= 0.6 is 0 Å². The van der Waals surface area contributed by atoms with Gasteiger partial charge in [-0.05, 0) is 38.5 Å². The van der Waals surface area contributed by atoms with Crippen LogP contribution in [-0.4, -0.2) is 25.2 Å². The average Bonchev–Trinajstić information content (AvgIpc) is 2.92. The Bertz CT molecular complexity index is 581. The molecule has 0 N–H and O–H groups in total. The van der Waals surface area contributed by atoms with Gasteiger partial charge in [0.25, 0.3) is 0 Å². The van der Waals surface area contributed by atoms with Gasteiger partial charge in [0.1, 0.15) is 0 Å². The lowest BCUT2D eigenvalue weighted by Crippen LogP contribution is -2.18. The minimum absolute atomic E-state index is 0.288. The van der Waals surface area contributed by atoms with E-state index in [1.807, 2.05) is 0 Å². The smallest absolute Gasteiger partial charge is 0.334 e. The number of rotatable bonds is 28. The Kier molecular flexibility index (Phi) is 27.7. The molecule has 0 heterocycles. The van der Waals surface area contributed by atoms with Crippen molar-refractivity contribution in [2.75, 3.05) is 13.2 Å². The molecule has 0 aromatic rings. The van der Waals surface area contributed by atoms with E-state index in [0.717, 1.165) is 51.4 Å². The summed E-state index contributed by atoms with van der Waals surface area (Å²) in [5.41, 5.74) is 1.16. The fraction of sp³-hybridized carbons (Fsp3) is 0.882. The van der Waals surface area contributed by atoms with E-state index in [0.29, 0.717) is 37.2 Å². The second-order valence-electron chi connectivity index (χ2n) is 11.1. The summed E-state index contributed by atoms with van der Waals surface area (Å²) >= 11 is 0. The Morgan fingerprint density at radius 1 is 0.368 bits per heavy atom. The lowest BCUT2D eigenvalue weighted by molar-refractivity contribution is -0.142. The summed E-state index contributed by atoms with van der Waals surface area (Å²) in [6.07, 6.45) is 26.6. The number of carbonyl (C=O) groups excluding carboxylic acids is 2. The predicted molar refractivity (Wildman–Crippen MR) is 162 cm³/mol. The maximum Gasteiger partial charge on any atom is 0.334 e. The zero-order valence-electron chi connectivity index (χ0n) is 26.0. The minimum atomic E-state index is -0.293. The highest BCUT2D eigenvalue weighted by Gasteiger charge is 2.23. The van der Waals surface area contributed by atoms with Gasteiger partial charge in [0.2, 0.25) is 0 Å². The molecule has 38 heavy (non-hydrogen) atoms. The van der Waals surface area contributed by atoms with Crippen LogP contribution in [0.15, 0.2) is 11.1 Å². The number of hydrogen-bond donors (Lipinski definition) is 0. The molecule has 4 heteroatoms. The number of carbonyl (C=O) groups is 2. The Morgan fingerprint density at radius 2 is 0.658 bits per heavy atom. The predicted octanol–water partition coefficient (Wildman–Crippen LogP) is 10.8. The summed E-state index contributed by atoms with van der Waals surface area (Å²) < 4.78 is 11.4.